The summed E-state index contributed by atoms with van der Waals surface area (Å²) in [6, 6.07) is 12.1. The van der Waals surface area contributed by atoms with Crippen LogP contribution >= 0.6 is 34.8 Å². The number of nitrogens with zero attached hydrogens (tertiary/aromatic N) is 1. The van der Waals surface area contributed by atoms with Gasteiger partial charge in [-0.2, -0.15) is 0 Å². The highest BCUT2D eigenvalue weighted by atomic mass is 35.5. The average molecular weight is 397 g/mol. The van der Waals surface area contributed by atoms with Crippen molar-refractivity contribution in [2.75, 3.05) is 0 Å². The van der Waals surface area contributed by atoms with Crippen LogP contribution < -0.4 is 0 Å². The Kier molecular flexibility index (Phi) is 5.33. The van der Waals surface area contributed by atoms with E-state index in [0.29, 0.717) is 32.1 Å². The molecule has 128 valence electrons. The molecular weight excluding hydrogens is 385 g/mol. The first kappa shape index (κ1) is 17.8. The Bertz CT molecular complexity index is 937. The first-order valence-electron chi connectivity index (χ1n) is 7.29. The molecule has 0 aliphatic heterocycles. The molecule has 0 atom stereocenters. The van der Waals surface area contributed by atoms with Gasteiger partial charge >= 0.3 is 5.97 Å². The zero-order chi connectivity index (χ0) is 18.0. The Morgan fingerprint density at radius 2 is 1.84 bits per heavy atom. The van der Waals surface area contributed by atoms with Crippen molar-refractivity contribution in [2.24, 2.45) is 0 Å². The van der Waals surface area contributed by atoms with Crippen LogP contribution in [-0.4, -0.2) is 11.1 Å². The number of esters is 1. The smallest absolute Gasteiger partial charge is 0.344 e. The summed E-state index contributed by atoms with van der Waals surface area (Å²) in [6.07, 6.45) is 0. The van der Waals surface area contributed by atoms with Gasteiger partial charge in [-0.15, -0.1) is 0 Å². The predicted octanol–water partition coefficient (Wildman–Crippen LogP) is 5.97. The van der Waals surface area contributed by atoms with Gasteiger partial charge in [0.05, 0.1) is 15.1 Å². The van der Waals surface area contributed by atoms with Crippen molar-refractivity contribution in [3.63, 3.8) is 0 Å². The Morgan fingerprint density at radius 1 is 1.08 bits per heavy atom. The summed E-state index contributed by atoms with van der Waals surface area (Å²) in [7, 11) is 0. The molecule has 0 saturated heterocycles. The van der Waals surface area contributed by atoms with Crippen molar-refractivity contribution in [1.82, 2.24) is 5.16 Å². The lowest BCUT2D eigenvalue weighted by Crippen LogP contribution is -2.07. The highest BCUT2D eigenvalue weighted by Crippen LogP contribution is 2.31. The maximum absolute atomic E-state index is 12.5. The van der Waals surface area contributed by atoms with Crippen molar-refractivity contribution >= 4 is 40.8 Å². The molecule has 3 rings (SSSR count). The zero-order valence-corrected chi connectivity index (χ0v) is 15.3. The van der Waals surface area contributed by atoms with Gasteiger partial charge in [0.25, 0.3) is 0 Å². The Labute approximate surface area is 159 Å². The number of hydrogen-bond donors (Lipinski definition) is 0. The minimum absolute atomic E-state index is 0.0440. The van der Waals surface area contributed by atoms with Crippen molar-refractivity contribution in [3.8, 4) is 11.3 Å². The van der Waals surface area contributed by atoms with Gasteiger partial charge in [-0.05, 0) is 30.7 Å². The first-order valence-corrected chi connectivity index (χ1v) is 8.43. The van der Waals surface area contributed by atoms with Gasteiger partial charge in [0.2, 0.25) is 0 Å². The first-order chi connectivity index (χ1) is 12.0. The maximum Gasteiger partial charge on any atom is 0.344 e. The SMILES string of the molecule is Cc1onc(-c2ccccc2Cl)c1C(=O)OCc1ccc(Cl)c(Cl)c1. The van der Waals surface area contributed by atoms with E-state index in [1.807, 2.05) is 0 Å². The van der Waals surface area contributed by atoms with Crippen molar-refractivity contribution in [1.29, 1.82) is 0 Å². The third kappa shape index (κ3) is 3.82. The van der Waals surface area contributed by atoms with Crippen LogP contribution in [0.2, 0.25) is 15.1 Å². The van der Waals surface area contributed by atoms with Crippen molar-refractivity contribution in [3.05, 3.63) is 74.4 Å². The summed E-state index contributed by atoms with van der Waals surface area (Å²) in [6.45, 7) is 1.69. The summed E-state index contributed by atoms with van der Waals surface area (Å²) >= 11 is 18.0. The number of aryl methyl sites for hydroxylation is 1. The lowest BCUT2D eigenvalue weighted by Gasteiger charge is -2.07. The molecule has 4 nitrogen and oxygen atoms in total. The number of carbonyl (C=O) groups excluding carboxylic acids is 1. The number of halogens is 3. The van der Waals surface area contributed by atoms with E-state index in [1.54, 1.807) is 49.4 Å². The van der Waals surface area contributed by atoms with E-state index in [-0.39, 0.29) is 12.2 Å². The molecule has 0 aliphatic rings. The highest BCUT2D eigenvalue weighted by molar-refractivity contribution is 6.42. The molecule has 0 N–H and O–H groups in total. The molecule has 2 aromatic carbocycles. The Morgan fingerprint density at radius 3 is 2.56 bits per heavy atom. The van der Waals surface area contributed by atoms with E-state index >= 15 is 0 Å². The van der Waals surface area contributed by atoms with Crippen LogP contribution in [0, 0.1) is 6.92 Å². The van der Waals surface area contributed by atoms with E-state index in [9.17, 15) is 4.79 Å². The number of hydrogen-bond acceptors (Lipinski definition) is 4. The van der Waals surface area contributed by atoms with Crippen LogP contribution in [0.1, 0.15) is 21.7 Å². The quantitative estimate of drug-likeness (QED) is 0.510. The largest absolute Gasteiger partial charge is 0.457 e. The number of rotatable bonds is 4. The summed E-state index contributed by atoms with van der Waals surface area (Å²) in [5.74, 6) is -0.200. The molecule has 0 bridgehead atoms. The second-order valence-corrected chi connectivity index (χ2v) is 6.49. The average Bonchev–Trinajstić information content (AvgIpc) is 2.97. The number of ether oxygens (including phenoxy) is 1. The predicted molar refractivity (Wildman–Crippen MR) is 97.3 cm³/mol. The molecule has 1 heterocycles. The molecule has 0 radical (unpaired) electrons. The molecule has 7 heteroatoms. The van der Waals surface area contributed by atoms with E-state index in [0.717, 1.165) is 5.56 Å². The fraction of sp³-hybridized carbons (Fsp3) is 0.111. The van der Waals surface area contributed by atoms with Crippen LogP contribution in [0.3, 0.4) is 0 Å². The summed E-state index contributed by atoms with van der Waals surface area (Å²) in [5.41, 5.74) is 1.91. The molecule has 0 amide bonds. The third-order valence-corrected chi connectivity index (χ3v) is 4.62. The standard InChI is InChI=1S/C18H12Cl3NO3/c1-10-16(17(22-25-10)12-4-2-3-5-13(12)19)18(23)24-9-11-6-7-14(20)15(21)8-11/h2-8H,9H2,1H3. The minimum atomic E-state index is -0.556. The highest BCUT2D eigenvalue weighted by Gasteiger charge is 2.24. The number of carbonyl (C=O) groups is 1. The van der Waals surface area contributed by atoms with Gasteiger partial charge in [-0.25, -0.2) is 4.79 Å². The number of aromatic nitrogens is 1. The molecule has 0 spiro atoms. The fourth-order valence-corrected chi connectivity index (χ4v) is 2.85. The zero-order valence-electron chi connectivity index (χ0n) is 13.1. The molecule has 0 saturated carbocycles. The molecule has 0 fully saturated rings. The van der Waals surface area contributed by atoms with Gasteiger partial charge in [-0.1, -0.05) is 64.2 Å². The molecule has 1 aromatic heterocycles. The monoisotopic (exact) mass is 395 g/mol. The molecule has 25 heavy (non-hydrogen) atoms. The van der Waals surface area contributed by atoms with Crippen LogP contribution in [-0.2, 0) is 11.3 Å². The van der Waals surface area contributed by atoms with E-state index in [1.165, 1.54) is 0 Å². The molecule has 3 aromatic rings. The summed E-state index contributed by atoms with van der Waals surface area (Å²) in [5, 5.41) is 5.25. The third-order valence-electron chi connectivity index (χ3n) is 3.55. The fourth-order valence-electron chi connectivity index (χ4n) is 2.30. The van der Waals surface area contributed by atoms with Crippen LogP contribution in [0.25, 0.3) is 11.3 Å². The summed E-state index contributed by atoms with van der Waals surface area (Å²) < 4.78 is 10.5. The maximum atomic E-state index is 12.5. The van der Waals surface area contributed by atoms with Crippen LogP contribution in [0.15, 0.2) is 47.0 Å². The van der Waals surface area contributed by atoms with E-state index < -0.39 is 5.97 Å². The minimum Gasteiger partial charge on any atom is -0.457 e. The molecular formula is C18H12Cl3NO3. The van der Waals surface area contributed by atoms with Gasteiger partial charge < -0.3 is 9.26 Å². The second-order valence-electron chi connectivity index (χ2n) is 5.27. The Hall–Kier alpha value is -2.01. The van der Waals surface area contributed by atoms with Crippen LogP contribution in [0.4, 0.5) is 0 Å². The number of benzene rings is 2. The van der Waals surface area contributed by atoms with Gasteiger partial charge in [-0.3, -0.25) is 0 Å². The van der Waals surface area contributed by atoms with Crippen molar-refractivity contribution < 1.29 is 14.1 Å². The van der Waals surface area contributed by atoms with Crippen LogP contribution in [0.5, 0.6) is 0 Å². The molecule has 0 unspecified atom stereocenters. The van der Waals surface area contributed by atoms with E-state index in [4.69, 9.17) is 44.1 Å². The Balaban J connectivity index is 1.84. The summed E-state index contributed by atoms with van der Waals surface area (Å²) in [4.78, 5) is 12.5. The van der Waals surface area contributed by atoms with Gasteiger partial charge in [0.15, 0.2) is 0 Å². The second kappa shape index (κ2) is 7.48. The lowest BCUT2D eigenvalue weighted by molar-refractivity contribution is 0.0471. The van der Waals surface area contributed by atoms with Gasteiger partial charge in [0.1, 0.15) is 23.6 Å². The molecule has 0 aliphatic carbocycles. The van der Waals surface area contributed by atoms with Crippen molar-refractivity contribution in [2.45, 2.75) is 13.5 Å². The normalized spacial score (nSPS) is 10.7. The van der Waals surface area contributed by atoms with Gasteiger partial charge in [0, 0.05) is 5.56 Å². The van der Waals surface area contributed by atoms with E-state index in [2.05, 4.69) is 5.16 Å². The lowest BCUT2D eigenvalue weighted by atomic mass is 10.1. The topological polar surface area (TPSA) is 52.3 Å².